The first kappa shape index (κ1) is 19.9. The molecular weight excluding hydrogens is 382 g/mol. The molecule has 0 aliphatic carbocycles. The van der Waals surface area contributed by atoms with Crippen LogP contribution in [0.3, 0.4) is 0 Å². The second-order valence-electron chi connectivity index (χ2n) is 7.37. The van der Waals surface area contributed by atoms with Crippen LogP contribution in [-0.4, -0.2) is 42.3 Å². The topological polar surface area (TPSA) is 80.2 Å². The van der Waals surface area contributed by atoms with Crippen LogP contribution in [0.5, 0.6) is 11.5 Å². The fourth-order valence-corrected chi connectivity index (χ4v) is 3.55. The maximum atomic E-state index is 12.5. The molecule has 1 atom stereocenters. The zero-order valence-corrected chi connectivity index (χ0v) is 17.0. The Hall–Kier alpha value is -3.35. The molecule has 0 aromatic heterocycles. The van der Waals surface area contributed by atoms with E-state index in [1.807, 2.05) is 55.5 Å². The maximum Gasteiger partial charge on any atom is 0.243 e. The number of fused-ring (bicyclic) bond motifs is 1. The lowest BCUT2D eigenvalue weighted by Gasteiger charge is -2.21. The molecule has 2 amide bonds. The molecule has 0 unspecified atom stereocenters. The minimum absolute atomic E-state index is 0.125. The first-order valence-electron chi connectivity index (χ1n) is 10.2. The van der Waals surface area contributed by atoms with Crippen LogP contribution in [0, 0.1) is 0 Å². The summed E-state index contributed by atoms with van der Waals surface area (Å²) in [5, 5.41) is 8.84. The molecule has 0 radical (unpaired) electrons. The molecule has 2 aliphatic rings. The van der Waals surface area contributed by atoms with Crippen LogP contribution in [0.25, 0.3) is 0 Å². The van der Waals surface area contributed by atoms with Crippen molar-refractivity contribution in [1.29, 1.82) is 0 Å². The minimum Gasteiger partial charge on any atom is -0.486 e. The number of rotatable bonds is 6. The number of ether oxygens (including phenoxy) is 2. The Morgan fingerprint density at radius 3 is 2.63 bits per heavy atom. The first-order valence-corrected chi connectivity index (χ1v) is 10.2. The first-order chi connectivity index (χ1) is 14.6. The maximum absolute atomic E-state index is 12.5. The van der Waals surface area contributed by atoms with Crippen molar-refractivity contribution in [1.82, 2.24) is 10.3 Å². The smallest absolute Gasteiger partial charge is 0.243 e. The van der Waals surface area contributed by atoms with Crippen molar-refractivity contribution in [3.8, 4) is 11.5 Å². The lowest BCUT2D eigenvalue weighted by Crippen LogP contribution is -2.29. The minimum atomic E-state index is -0.196. The lowest BCUT2D eigenvalue weighted by molar-refractivity contribution is -0.133. The Morgan fingerprint density at radius 1 is 1.07 bits per heavy atom. The van der Waals surface area contributed by atoms with E-state index in [0.717, 1.165) is 29.0 Å². The molecular formula is C23H25N3O4. The predicted molar refractivity (Wildman–Crippen MR) is 113 cm³/mol. The second-order valence-corrected chi connectivity index (χ2v) is 7.37. The van der Waals surface area contributed by atoms with Gasteiger partial charge < -0.3 is 14.8 Å². The molecule has 0 fully saturated rings. The Labute approximate surface area is 175 Å². The number of carbonyl (C=O) groups is 2. The van der Waals surface area contributed by atoms with Gasteiger partial charge in [0.1, 0.15) is 13.2 Å². The zero-order valence-electron chi connectivity index (χ0n) is 17.0. The van der Waals surface area contributed by atoms with Crippen molar-refractivity contribution >= 4 is 17.5 Å². The van der Waals surface area contributed by atoms with Gasteiger partial charge in [0.05, 0.1) is 18.3 Å². The van der Waals surface area contributed by atoms with Crippen molar-refractivity contribution < 1.29 is 19.1 Å². The summed E-state index contributed by atoms with van der Waals surface area (Å²) in [6, 6.07) is 15.3. The zero-order chi connectivity index (χ0) is 20.9. The van der Waals surface area contributed by atoms with Crippen LogP contribution in [0.2, 0.25) is 0 Å². The fourth-order valence-electron chi connectivity index (χ4n) is 3.55. The number of nitrogens with zero attached hydrogens (tertiary/aromatic N) is 2. The standard InChI is InChI=1S/C23H25N3O4/c1-16(18-7-8-20-21(15-18)30-14-13-29-20)24-22(27)9-10-23(28)26-12-11-19(25-26)17-5-3-2-4-6-17/h2-8,15-16H,9-14H2,1H3,(H,24,27)/t16-/m0/s1. The quantitative estimate of drug-likeness (QED) is 0.798. The van der Waals surface area contributed by atoms with Crippen molar-refractivity contribution in [2.24, 2.45) is 5.10 Å². The van der Waals surface area contributed by atoms with E-state index in [1.165, 1.54) is 5.01 Å². The molecule has 2 aromatic rings. The van der Waals surface area contributed by atoms with Gasteiger partial charge in [0.25, 0.3) is 0 Å². The summed E-state index contributed by atoms with van der Waals surface area (Å²) in [4.78, 5) is 24.8. The summed E-state index contributed by atoms with van der Waals surface area (Å²) in [5.41, 5.74) is 2.86. The van der Waals surface area contributed by atoms with Crippen molar-refractivity contribution in [3.05, 3.63) is 59.7 Å². The highest BCUT2D eigenvalue weighted by atomic mass is 16.6. The summed E-state index contributed by atoms with van der Waals surface area (Å²) >= 11 is 0. The van der Waals surface area contributed by atoms with E-state index in [2.05, 4.69) is 10.4 Å². The van der Waals surface area contributed by atoms with Gasteiger partial charge in [0.2, 0.25) is 11.8 Å². The van der Waals surface area contributed by atoms with E-state index >= 15 is 0 Å². The van der Waals surface area contributed by atoms with Gasteiger partial charge in [-0.1, -0.05) is 36.4 Å². The molecule has 0 saturated heterocycles. The molecule has 7 heteroatoms. The third-order valence-electron chi connectivity index (χ3n) is 5.21. The van der Waals surface area contributed by atoms with Gasteiger partial charge in [-0.15, -0.1) is 0 Å². The summed E-state index contributed by atoms with van der Waals surface area (Å²) < 4.78 is 11.1. The van der Waals surface area contributed by atoms with Gasteiger partial charge in [0, 0.05) is 19.3 Å². The summed E-state index contributed by atoms with van der Waals surface area (Å²) in [5.74, 6) is 1.10. The van der Waals surface area contributed by atoms with Crippen LogP contribution >= 0.6 is 0 Å². The Bertz CT molecular complexity index is 958. The fraction of sp³-hybridized carbons (Fsp3) is 0.348. The largest absolute Gasteiger partial charge is 0.486 e. The molecule has 4 rings (SSSR count). The normalized spacial score (nSPS) is 16.0. The second kappa shape index (κ2) is 8.98. The molecule has 0 bridgehead atoms. The molecule has 0 spiro atoms. The van der Waals surface area contributed by atoms with Crippen LogP contribution in [0.1, 0.15) is 43.4 Å². The van der Waals surface area contributed by atoms with E-state index in [-0.39, 0.29) is 30.7 Å². The van der Waals surface area contributed by atoms with Crippen LogP contribution in [-0.2, 0) is 9.59 Å². The Kier molecular flexibility index (Phi) is 5.97. The summed E-state index contributed by atoms with van der Waals surface area (Å²) in [6.07, 6.45) is 0.981. The molecule has 2 aromatic carbocycles. The van der Waals surface area contributed by atoms with Gasteiger partial charge in [-0.2, -0.15) is 5.10 Å². The number of hydrogen-bond donors (Lipinski definition) is 1. The molecule has 1 N–H and O–H groups in total. The van der Waals surface area contributed by atoms with E-state index < -0.39 is 0 Å². The lowest BCUT2D eigenvalue weighted by atomic mass is 10.1. The summed E-state index contributed by atoms with van der Waals surface area (Å²) in [6.45, 7) is 3.52. The van der Waals surface area contributed by atoms with Gasteiger partial charge in [-0.25, -0.2) is 5.01 Å². The van der Waals surface area contributed by atoms with Crippen LogP contribution < -0.4 is 14.8 Å². The Balaban J connectivity index is 1.27. The van der Waals surface area contributed by atoms with Crippen molar-refractivity contribution in [2.75, 3.05) is 19.8 Å². The summed E-state index contributed by atoms with van der Waals surface area (Å²) in [7, 11) is 0. The van der Waals surface area contributed by atoms with Crippen LogP contribution in [0.4, 0.5) is 0 Å². The average molecular weight is 407 g/mol. The molecule has 2 heterocycles. The molecule has 0 saturated carbocycles. The average Bonchev–Trinajstić information content (AvgIpc) is 3.28. The van der Waals surface area contributed by atoms with E-state index in [1.54, 1.807) is 0 Å². The number of amides is 2. The van der Waals surface area contributed by atoms with E-state index in [4.69, 9.17) is 9.47 Å². The SMILES string of the molecule is C[C@H](NC(=O)CCC(=O)N1CCC(c2ccccc2)=N1)c1ccc2c(c1)OCCO2. The van der Waals surface area contributed by atoms with E-state index in [9.17, 15) is 9.59 Å². The third-order valence-corrected chi connectivity index (χ3v) is 5.21. The van der Waals surface area contributed by atoms with Gasteiger partial charge >= 0.3 is 0 Å². The highest BCUT2D eigenvalue weighted by Crippen LogP contribution is 2.32. The number of nitrogens with one attached hydrogen (secondary N) is 1. The number of carbonyl (C=O) groups excluding carboxylic acids is 2. The highest BCUT2D eigenvalue weighted by molar-refractivity contribution is 6.02. The molecule has 2 aliphatic heterocycles. The van der Waals surface area contributed by atoms with Crippen LogP contribution in [0.15, 0.2) is 53.6 Å². The predicted octanol–water partition coefficient (Wildman–Crippen LogP) is 3.05. The van der Waals surface area contributed by atoms with Gasteiger partial charge in [-0.05, 0) is 30.2 Å². The van der Waals surface area contributed by atoms with E-state index in [0.29, 0.717) is 25.5 Å². The number of benzene rings is 2. The number of hydrazone groups is 1. The van der Waals surface area contributed by atoms with Gasteiger partial charge in [-0.3, -0.25) is 9.59 Å². The Morgan fingerprint density at radius 2 is 1.83 bits per heavy atom. The molecule has 7 nitrogen and oxygen atoms in total. The molecule has 30 heavy (non-hydrogen) atoms. The monoisotopic (exact) mass is 407 g/mol. The number of hydrogen-bond acceptors (Lipinski definition) is 5. The molecule has 156 valence electrons. The van der Waals surface area contributed by atoms with Crippen molar-refractivity contribution in [3.63, 3.8) is 0 Å². The van der Waals surface area contributed by atoms with Crippen molar-refractivity contribution in [2.45, 2.75) is 32.2 Å². The van der Waals surface area contributed by atoms with Gasteiger partial charge in [0.15, 0.2) is 11.5 Å². The third kappa shape index (κ3) is 4.62. The highest BCUT2D eigenvalue weighted by Gasteiger charge is 2.22.